The van der Waals surface area contributed by atoms with E-state index in [4.69, 9.17) is 16.3 Å². The van der Waals surface area contributed by atoms with Gasteiger partial charge in [0, 0.05) is 18.5 Å². The van der Waals surface area contributed by atoms with Crippen LogP contribution in [0.2, 0.25) is 0 Å². The molecule has 0 N–H and O–H groups in total. The van der Waals surface area contributed by atoms with E-state index in [0.29, 0.717) is 12.1 Å². The number of hydrogen-bond acceptors (Lipinski definition) is 2. The van der Waals surface area contributed by atoms with Crippen LogP contribution in [0.1, 0.15) is 20.3 Å². The highest BCUT2D eigenvalue weighted by Crippen LogP contribution is 2.13. The average molecular weight is 192 g/mol. The summed E-state index contributed by atoms with van der Waals surface area (Å²) in [6, 6.07) is 0.543. The van der Waals surface area contributed by atoms with Gasteiger partial charge in [0.2, 0.25) is 0 Å². The lowest BCUT2D eigenvalue weighted by molar-refractivity contribution is -0.0548. The molecule has 0 spiro atoms. The highest BCUT2D eigenvalue weighted by molar-refractivity contribution is 6.17. The predicted octanol–water partition coefficient (Wildman–Crippen LogP) is 1.72. The first-order chi connectivity index (χ1) is 5.75. The van der Waals surface area contributed by atoms with Gasteiger partial charge in [0.25, 0.3) is 0 Å². The topological polar surface area (TPSA) is 12.5 Å². The molecule has 1 saturated heterocycles. The number of ether oxygens (including phenoxy) is 1. The Morgan fingerprint density at radius 2 is 2.25 bits per heavy atom. The first kappa shape index (κ1) is 10.3. The summed E-state index contributed by atoms with van der Waals surface area (Å²) in [5, 5.41) is 0. The van der Waals surface area contributed by atoms with Gasteiger partial charge in [-0.2, -0.15) is 0 Å². The van der Waals surface area contributed by atoms with Crippen molar-refractivity contribution in [3.05, 3.63) is 0 Å². The van der Waals surface area contributed by atoms with E-state index >= 15 is 0 Å². The summed E-state index contributed by atoms with van der Waals surface area (Å²) in [7, 11) is 0. The zero-order valence-electron chi connectivity index (χ0n) is 7.92. The molecule has 2 nitrogen and oxygen atoms in total. The Bertz CT molecular complexity index is 132. The lowest BCUT2D eigenvalue weighted by Crippen LogP contribution is -2.48. The van der Waals surface area contributed by atoms with E-state index in [2.05, 4.69) is 18.7 Å². The van der Waals surface area contributed by atoms with Crippen LogP contribution in [-0.2, 0) is 4.74 Å². The van der Waals surface area contributed by atoms with Gasteiger partial charge in [-0.3, -0.25) is 4.90 Å². The fourth-order valence-electron chi connectivity index (χ4n) is 1.57. The zero-order valence-corrected chi connectivity index (χ0v) is 8.68. The van der Waals surface area contributed by atoms with Crippen molar-refractivity contribution in [1.82, 2.24) is 4.90 Å². The average Bonchev–Trinajstić information content (AvgIpc) is 2.08. The van der Waals surface area contributed by atoms with Gasteiger partial charge >= 0.3 is 0 Å². The molecule has 0 saturated carbocycles. The van der Waals surface area contributed by atoms with E-state index < -0.39 is 0 Å². The van der Waals surface area contributed by atoms with E-state index in [1.54, 1.807) is 0 Å². The SMILES string of the molecule is CC1OCCN(CCCCl)C1C. The van der Waals surface area contributed by atoms with Crippen molar-refractivity contribution in [2.45, 2.75) is 32.4 Å². The van der Waals surface area contributed by atoms with Crippen LogP contribution in [0.5, 0.6) is 0 Å². The molecule has 12 heavy (non-hydrogen) atoms. The zero-order chi connectivity index (χ0) is 8.97. The molecule has 0 amide bonds. The smallest absolute Gasteiger partial charge is 0.0700 e. The predicted molar refractivity (Wildman–Crippen MR) is 51.8 cm³/mol. The maximum absolute atomic E-state index is 5.65. The van der Waals surface area contributed by atoms with E-state index in [1.807, 2.05) is 0 Å². The Hall–Kier alpha value is 0.210. The molecule has 0 radical (unpaired) electrons. The molecule has 0 aromatic heterocycles. The van der Waals surface area contributed by atoms with Gasteiger partial charge in [-0.15, -0.1) is 11.6 Å². The Kier molecular flexibility index (Phi) is 4.33. The van der Waals surface area contributed by atoms with E-state index in [9.17, 15) is 0 Å². The Balaban J connectivity index is 2.30. The first-order valence-corrected chi connectivity index (χ1v) is 5.20. The maximum Gasteiger partial charge on any atom is 0.0700 e. The fraction of sp³-hybridized carbons (Fsp3) is 1.00. The van der Waals surface area contributed by atoms with E-state index in [1.165, 1.54) is 0 Å². The molecule has 72 valence electrons. The molecule has 0 aromatic carbocycles. The van der Waals surface area contributed by atoms with Crippen LogP contribution in [0.15, 0.2) is 0 Å². The van der Waals surface area contributed by atoms with Crippen LogP contribution >= 0.6 is 11.6 Å². The highest BCUT2D eigenvalue weighted by Gasteiger charge is 2.24. The summed E-state index contributed by atoms with van der Waals surface area (Å²) in [6.07, 6.45) is 1.45. The minimum absolute atomic E-state index is 0.370. The van der Waals surface area contributed by atoms with Gasteiger partial charge < -0.3 is 4.74 Å². The van der Waals surface area contributed by atoms with Crippen LogP contribution in [0, 0.1) is 0 Å². The molecular formula is C9H18ClNO. The van der Waals surface area contributed by atoms with Gasteiger partial charge in [-0.1, -0.05) is 0 Å². The lowest BCUT2D eigenvalue weighted by Gasteiger charge is -2.37. The van der Waals surface area contributed by atoms with Crippen LogP contribution in [0.25, 0.3) is 0 Å². The van der Waals surface area contributed by atoms with Crippen molar-refractivity contribution in [2.24, 2.45) is 0 Å². The molecule has 1 heterocycles. The second kappa shape index (κ2) is 5.05. The molecule has 1 rings (SSSR count). The summed E-state index contributed by atoms with van der Waals surface area (Å²) in [5.74, 6) is 0.762. The quantitative estimate of drug-likeness (QED) is 0.630. The first-order valence-electron chi connectivity index (χ1n) is 4.67. The molecule has 1 aliphatic heterocycles. The standard InChI is InChI=1S/C9H18ClNO/c1-8-9(2)12-7-6-11(8)5-3-4-10/h8-9H,3-7H2,1-2H3. The molecule has 3 heteroatoms. The molecule has 1 fully saturated rings. The third kappa shape index (κ3) is 2.61. The molecule has 2 atom stereocenters. The minimum atomic E-state index is 0.370. The second-order valence-electron chi connectivity index (χ2n) is 3.40. The molecule has 1 aliphatic rings. The van der Waals surface area contributed by atoms with Crippen molar-refractivity contribution in [3.63, 3.8) is 0 Å². The Morgan fingerprint density at radius 3 is 2.92 bits per heavy atom. The number of hydrogen-bond donors (Lipinski definition) is 0. The Morgan fingerprint density at radius 1 is 1.50 bits per heavy atom. The van der Waals surface area contributed by atoms with Crippen molar-refractivity contribution in [2.75, 3.05) is 25.6 Å². The normalized spacial score (nSPS) is 32.2. The van der Waals surface area contributed by atoms with Gasteiger partial charge in [0.05, 0.1) is 12.7 Å². The van der Waals surface area contributed by atoms with Crippen LogP contribution < -0.4 is 0 Å². The summed E-state index contributed by atoms with van der Waals surface area (Å²) >= 11 is 5.65. The molecule has 0 aliphatic carbocycles. The summed E-state index contributed by atoms with van der Waals surface area (Å²) in [5.41, 5.74) is 0. The second-order valence-corrected chi connectivity index (χ2v) is 3.77. The number of rotatable bonds is 3. The molecule has 0 aromatic rings. The van der Waals surface area contributed by atoms with Crippen molar-refractivity contribution in [3.8, 4) is 0 Å². The van der Waals surface area contributed by atoms with Gasteiger partial charge in [-0.25, -0.2) is 0 Å². The Labute approximate surface area is 79.8 Å². The van der Waals surface area contributed by atoms with Gasteiger partial charge in [-0.05, 0) is 26.8 Å². The van der Waals surface area contributed by atoms with Crippen LogP contribution in [0.3, 0.4) is 0 Å². The van der Waals surface area contributed by atoms with Gasteiger partial charge in [0.1, 0.15) is 0 Å². The third-order valence-electron chi connectivity index (χ3n) is 2.59. The number of morpholine rings is 1. The molecule has 0 bridgehead atoms. The van der Waals surface area contributed by atoms with Crippen LogP contribution in [-0.4, -0.2) is 42.6 Å². The minimum Gasteiger partial charge on any atom is -0.376 e. The van der Waals surface area contributed by atoms with E-state index in [-0.39, 0.29) is 0 Å². The number of halogens is 1. The van der Waals surface area contributed by atoms with Crippen molar-refractivity contribution in [1.29, 1.82) is 0 Å². The van der Waals surface area contributed by atoms with E-state index in [0.717, 1.165) is 32.0 Å². The third-order valence-corrected chi connectivity index (χ3v) is 2.86. The number of nitrogens with zero attached hydrogens (tertiary/aromatic N) is 1. The highest BCUT2D eigenvalue weighted by atomic mass is 35.5. The number of alkyl halides is 1. The summed E-state index contributed by atoms with van der Waals surface area (Å²) in [4.78, 5) is 2.45. The van der Waals surface area contributed by atoms with Crippen LogP contribution in [0.4, 0.5) is 0 Å². The molecular weight excluding hydrogens is 174 g/mol. The van der Waals surface area contributed by atoms with Gasteiger partial charge in [0.15, 0.2) is 0 Å². The monoisotopic (exact) mass is 191 g/mol. The maximum atomic E-state index is 5.65. The summed E-state index contributed by atoms with van der Waals surface area (Å²) in [6.45, 7) is 7.39. The summed E-state index contributed by atoms with van der Waals surface area (Å²) < 4.78 is 5.53. The lowest BCUT2D eigenvalue weighted by atomic mass is 10.1. The molecule has 2 unspecified atom stereocenters. The van der Waals surface area contributed by atoms with Crippen molar-refractivity contribution < 1.29 is 4.74 Å². The largest absolute Gasteiger partial charge is 0.376 e. The fourth-order valence-corrected chi connectivity index (χ4v) is 1.69. The van der Waals surface area contributed by atoms with Crippen molar-refractivity contribution >= 4 is 11.6 Å².